The predicted octanol–water partition coefficient (Wildman–Crippen LogP) is -0.239. The van der Waals surface area contributed by atoms with E-state index < -0.39 is 5.91 Å². The van der Waals surface area contributed by atoms with Crippen molar-refractivity contribution in [1.82, 2.24) is 14.7 Å². The number of anilines is 2. The van der Waals surface area contributed by atoms with Crippen LogP contribution in [0.25, 0.3) is 0 Å². The van der Waals surface area contributed by atoms with E-state index in [1.165, 1.54) is 22.9 Å². The molecule has 1 amide bonds. The molecule has 18 heavy (non-hydrogen) atoms. The summed E-state index contributed by atoms with van der Waals surface area (Å²) >= 11 is 0. The number of carbonyl (C=O) groups excluding carboxylic acids is 1. The van der Waals surface area contributed by atoms with Gasteiger partial charge in [0.1, 0.15) is 6.54 Å². The first-order chi connectivity index (χ1) is 8.54. The molecule has 0 spiro atoms. The maximum absolute atomic E-state index is 11.6. The third-order valence-corrected chi connectivity index (χ3v) is 2.09. The second-order valence-corrected chi connectivity index (χ2v) is 3.62. The number of nitrogens with two attached hydrogens (primary N) is 1. The van der Waals surface area contributed by atoms with Crippen molar-refractivity contribution in [1.29, 1.82) is 0 Å². The number of nitrogen functional groups attached to an aromatic ring is 1. The van der Waals surface area contributed by atoms with Crippen molar-refractivity contribution < 1.29 is 9.32 Å². The number of hydrogen-bond donors (Lipinski definition) is 2. The average Bonchev–Trinajstić information content (AvgIpc) is 2.69. The zero-order valence-corrected chi connectivity index (χ0v) is 9.58. The molecule has 2 heterocycles. The van der Waals surface area contributed by atoms with E-state index in [9.17, 15) is 9.59 Å². The van der Waals surface area contributed by atoms with Crippen molar-refractivity contribution in [2.75, 3.05) is 11.1 Å². The van der Waals surface area contributed by atoms with Crippen LogP contribution in [-0.4, -0.2) is 20.6 Å². The van der Waals surface area contributed by atoms with E-state index in [-0.39, 0.29) is 18.1 Å². The van der Waals surface area contributed by atoms with Crippen LogP contribution in [-0.2, 0) is 11.3 Å². The fraction of sp³-hybridized carbons (Fsp3) is 0.200. The van der Waals surface area contributed by atoms with Crippen LogP contribution in [0, 0.1) is 6.92 Å². The molecule has 8 nitrogen and oxygen atoms in total. The Hall–Kier alpha value is -2.64. The van der Waals surface area contributed by atoms with Crippen molar-refractivity contribution >= 4 is 17.6 Å². The monoisotopic (exact) mass is 249 g/mol. The summed E-state index contributed by atoms with van der Waals surface area (Å²) in [7, 11) is 0. The lowest BCUT2D eigenvalue weighted by Gasteiger charge is -2.04. The van der Waals surface area contributed by atoms with Gasteiger partial charge in [-0.1, -0.05) is 5.16 Å². The van der Waals surface area contributed by atoms with E-state index in [0.717, 1.165) is 0 Å². The fourth-order valence-electron chi connectivity index (χ4n) is 1.33. The zero-order chi connectivity index (χ0) is 13.1. The molecule has 0 atom stereocenters. The molecule has 0 unspecified atom stereocenters. The molecule has 0 aromatic carbocycles. The number of aromatic nitrogens is 3. The summed E-state index contributed by atoms with van der Waals surface area (Å²) in [6.07, 6.45) is 1.39. The molecule has 2 aromatic rings. The van der Waals surface area contributed by atoms with Gasteiger partial charge in [-0.05, 0) is 13.0 Å². The van der Waals surface area contributed by atoms with Crippen LogP contribution in [0.4, 0.5) is 11.7 Å². The molecule has 94 valence electrons. The van der Waals surface area contributed by atoms with Crippen LogP contribution in [0.5, 0.6) is 0 Å². The smallest absolute Gasteiger partial charge is 0.328 e. The van der Waals surface area contributed by atoms with E-state index in [1.54, 1.807) is 6.92 Å². The number of pyridine rings is 1. The Morgan fingerprint density at radius 2 is 2.33 bits per heavy atom. The lowest BCUT2D eigenvalue weighted by Crippen LogP contribution is -2.27. The van der Waals surface area contributed by atoms with Crippen molar-refractivity contribution in [2.45, 2.75) is 13.5 Å². The van der Waals surface area contributed by atoms with Crippen molar-refractivity contribution in [3.05, 3.63) is 34.5 Å². The van der Waals surface area contributed by atoms with Crippen molar-refractivity contribution in [2.24, 2.45) is 0 Å². The minimum absolute atomic E-state index is 0.00514. The minimum atomic E-state index is -0.452. The number of nitrogens with one attached hydrogen (secondary N) is 1. The summed E-state index contributed by atoms with van der Waals surface area (Å²) in [6.45, 7) is 1.45. The molecule has 8 heteroatoms. The highest BCUT2D eigenvalue weighted by Crippen LogP contribution is 2.02. The molecule has 2 rings (SSSR count). The van der Waals surface area contributed by atoms with E-state index in [2.05, 4.69) is 15.5 Å². The Labute approximate surface area is 101 Å². The first-order valence-corrected chi connectivity index (χ1v) is 5.11. The fourth-order valence-corrected chi connectivity index (χ4v) is 1.33. The molecule has 2 aromatic heterocycles. The van der Waals surface area contributed by atoms with Gasteiger partial charge >= 0.3 is 6.01 Å². The minimum Gasteiger partial charge on any atom is -0.398 e. The van der Waals surface area contributed by atoms with Crippen LogP contribution >= 0.6 is 0 Å². The Morgan fingerprint density at radius 1 is 1.56 bits per heavy atom. The highest BCUT2D eigenvalue weighted by Gasteiger charge is 2.09. The van der Waals surface area contributed by atoms with Crippen molar-refractivity contribution in [3.63, 3.8) is 0 Å². The van der Waals surface area contributed by atoms with Gasteiger partial charge in [0, 0.05) is 18.0 Å². The van der Waals surface area contributed by atoms with Crippen LogP contribution in [0.15, 0.2) is 27.6 Å². The van der Waals surface area contributed by atoms with Crippen molar-refractivity contribution in [3.8, 4) is 0 Å². The van der Waals surface area contributed by atoms with Gasteiger partial charge in [0.25, 0.3) is 5.56 Å². The lowest BCUT2D eigenvalue weighted by molar-refractivity contribution is -0.116. The molecule has 0 saturated carbocycles. The van der Waals surface area contributed by atoms with E-state index in [0.29, 0.717) is 11.5 Å². The van der Waals surface area contributed by atoms with E-state index in [4.69, 9.17) is 10.3 Å². The molecule has 0 bridgehead atoms. The molecule has 0 aliphatic rings. The number of amides is 1. The third-order valence-electron chi connectivity index (χ3n) is 2.09. The Balaban J connectivity index is 2.07. The normalized spacial score (nSPS) is 10.3. The maximum atomic E-state index is 11.6. The summed E-state index contributed by atoms with van der Waals surface area (Å²) in [6, 6.07) is 2.76. The second kappa shape index (κ2) is 4.70. The third kappa shape index (κ3) is 2.73. The maximum Gasteiger partial charge on any atom is 0.328 e. The van der Waals surface area contributed by atoms with Crippen LogP contribution in [0.2, 0.25) is 0 Å². The van der Waals surface area contributed by atoms with Gasteiger partial charge in [0.15, 0.2) is 5.82 Å². The highest BCUT2D eigenvalue weighted by molar-refractivity contribution is 5.88. The van der Waals surface area contributed by atoms with Gasteiger partial charge in [0.2, 0.25) is 5.91 Å². The Morgan fingerprint density at radius 3 is 3.00 bits per heavy atom. The number of hydrogen-bond acceptors (Lipinski definition) is 6. The van der Waals surface area contributed by atoms with Crippen LogP contribution in [0.3, 0.4) is 0 Å². The molecule has 0 radical (unpaired) electrons. The quantitative estimate of drug-likeness (QED) is 0.775. The summed E-state index contributed by atoms with van der Waals surface area (Å²) < 4.78 is 5.91. The number of rotatable bonds is 3. The standard InChI is InChI=1S/C10H11N5O3/c1-6-12-10(18-14-6)13-8(16)5-15-4-7(11)2-3-9(15)17/h2-4H,5,11H2,1H3,(H,12,13,14,16). The Kier molecular flexibility index (Phi) is 3.09. The van der Waals surface area contributed by atoms with Gasteiger partial charge in [-0.15, -0.1) is 0 Å². The molecule has 3 N–H and O–H groups in total. The van der Waals surface area contributed by atoms with Gasteiger partial charge in [-0.25, -0.2) is 0 Å². The first-order valence-electron chi connectivity index (χ1n) is 5.11. The summed E-state index contributed by atoms with van der Waals surface area (Å²) in [4.78, 5) is 26.9. The van der Waals surface area contributed by atoms with Gasteiger partial charge in [-0.3, -0.25) is 14.9 Å². The van der Waals surface area contributed by atoms with Gasteiger partial charge < -0.3 is 14.8 Å². The second-order valence-electron chi connectivity index (χ2n) is 3.62. The lowest BCUT2D eigenvalue weighted by atomic mass is 10.4. The Bertz CT molecular complexity index is 630. The average molecular weight is 249 g/mol. The van der Waals surface area contributed by atoms with Crippen LogP contribution < -0.4 is 16.6 Å². The zero-order valence-electron chi connectivity index (χ0n) is 9.58. The number of nitrogens with zero attached hydrogens (tertiary/aromatic N) is 3. The first kappa shape index (κ1) is 11.8. The molecule has 0 aliphatic heterocycles. The van der Waals surface area contributed by atoms with Crippen LogP contribution in [0.1, 0.15) is 5.82 Å². The molecule has 0 saturated heterocycles. The van der Waals surface area contributed by atoms with E-state index >= 15 is 0 Å². The highest BCUT2D eigenvalue weighted by atomic mass is 16.5. The number of aryl methyl sites for hydroxylation is 1. The molecule has 0 aliphatic carbocycles. The van der Waals surface area contributed by atoms with Gasteiger partial charge in [-0.2, -0.15) is 4.98 Å². The molecular formula is C10H11N5O3. The predicted molar refractivity (Wildman–Crippen MR) is 62.8 cm³/mol. The summed E-state index contributed by atoms with van der Waals surface area (Å²) in [5, 5.41) is 5.90. The number of carbonyl (C=O) groups is 1. The molecule has 0 fully saturated rings. The summed E-state index contributed by atoms with van der Waals surface area (Å²) in [5.74, 6) is -0.0437. The summed E-state index contributed by atoms with van der Waals surface area (Å²) in [5.41, 5.74) is 5.61. The molecular weight excluding hydrogens is 238 g/mol. The topological polar surface area (TPSA) is 116 Å². The largest absolute Gasteiger partial charge is 0.398 e. The van der Waals surface area contributed by atoms with E-state index in [1.807, 2.05) is 0 Å². The van der Waals surface area contributed by atoms with Gasteiger partial charge in [0.05, 0.1) is 0 Å². The SMILES string of the molecule is Cc1noc(NC(=O)Cn2cc(N)ccc2=O)n1.